The number of rotatable bonds is 0. The Morgan fingerprint density at radius 1 is 1.56 bits per heavy atom. The van der Waals surface area contributed by atoms with E-state index in [-0.39, 0.29) is 4.47 Å². The summed E-state index contributed by atoms with van der Waals surface area (Å²) in [6.07, 6.45) is -0.625. The lowest BCUT2D eigenvalue weighted by molar-refractivity contribution is 1.03. The second-order valence-corrected chi connectivity index (χ2v) is 2.13. The van der Waals surface area contributed by atoms with E-state index >= 15 is 0 Å². The van der Waals surface area contributed by atoms with Gasteiger partial charge in [0.05, 0.1) is 15.9 Å². The molecule has 0 aliphatic heterocycles. The smallest absolute Gasteiger partial charge is 0.115 e. The Morgan fingerprint density at radius 3 is 2.56 bits per heavy atom. The van der Waals surface area contributed by atoms with Crippen molar-refractivity contribution in [2.75, 3.05) is 0 Å². The highest BCUT2D eigenvalue weighted by Gasteiger charge is 1.97. The summed E-state index contributed by atoms with van der Waals surface area (Å²) in [5, 5.41) is 0. The van der Waals surface area contributed by atoms with Crippen molar-refractivity contribution in [3.05, 3.63) is 22.2 Å². The number of nitrogens with zero attached hydrogens (tertiary/aromatic N) is 2. The summed E-state index contributed by atoms with van der Waals surface area (Å²) in [5.74, 6) is 0. The van der Waals surface area contributed by atoms with E-state index in [0.717, 1.165) is 0 Å². The van der Waals surface area contributed by atoms with Crippen molar-refractivity contribution in [1.29, 1.82) is 0 Å². The number of aromatic nitrogens is 2. The first-order valence-corrected chi connectivity index (χ1v) is 2.88. The maximum absolute atomic E-state index is 7.19. The first kappa shape index (κ1) is 2.02. The maximum atomic E-state index is 7.19. The van der Waals surface area contributed by atoms with Crippen LogP contribution in [-0.2, 0) is 0 Å². The quantitative estimate of drug-likeness (QED) is 0.629. The van der Waals surface area contributed by atoms with Crippen molar-refractivity contribution in [3.8, 4) is 0 Å². The van der Waals surface area contributed by atoms with Gasteiger partial charge in [0.2, 0.25) is 0 Å². The molecule has 0 saturated heterocycles. The van der Waals surface area contributed by atoms with Gasteiger partial charge >= 0.3 is 0 Å². The molecule has 0 radical (unpaired) electrons. The van der Waals surface area contributed by atoms with Gasteiger partial charge in [0.15, 0.2) is 0 Å². The van der Waals surface area contributed by atoms with Crippen LogP contribution in [0.15, 0.2) is 10.8 Å². The third-order valence-corrected chi connectivity index (χ3v) is 1.49. The molecule has 0 amide bonds. The second kappa shape index (κ2) is 2.43. The van der Waals surface area contributed by atoms with Gasteiger partial charge in [-0.15, -0.1) is 0 Å². The first-order valence-electron chi connectivity index (χ1n) is 5.58. The zero-order valence-corrected chi connectivity index (χ0v) is 5.86. The van der Waals surface area contributed by atoms with Crippen LogP contribution in [0.2, 0.25) is 0 Å². The molecule has 0 aliphatic rings. The molecule has 0 bridgehead atoms. The van der Waals surface area contributed by atoms with Crippen molar-refractivity contribution >= 4 is 15.9 Å². The van der Waals surface area contributed by atoms with Gasteiger partial charge in [0.25, 0.3) is 0 Å². The highest BCUT2D eigenvalue weighted by molar-refractivity contribution is 9.10. The number of hydrogen-bond acceptors (Lipinski definition) is 2. The average Bonchev–Trinajstić information content (AvgIpc) is 2.04. The van der Waals surface area contributed by atoms with Crippen molar-refractivity contribution in [1.82, 2.24) is 9.97 Å². The van der Waals surface area contributed by atoms with Crippen LogP contribution in [0.3, 0.4) is 0 Å². The molecule has 3 heteroatoms. The lowest BCUT2D eigenvalue weighted by Crippen LogP contribution is -1.88. The fourth-order valence-corrected chi connectivity index (χ4v) is 0.513. The molecule has 1 rings (SSSR count). The van der Waals surface area contributed by atoms with Gasteiger partial charge < -0.3 is 0 Å². The van der Waals surface area contributed by atoms with Crippen molar-refractivity contribution < 1.29 is 9.60 Å². The van der Waals surface area contributed by atoms with E-state index in [0.29, 0.717) is 0 Å². The van der Waals surface area contributed by atoms with E-state index in [4.69, 9.17) is 9.60 Å². The minimum atomic E-state index is -2.59. The lowest BCUT2D eigenvalue weighted by Gasteiger charge is -1.96. The van der Waals surface area contributed by atoms with Crippen LogP contribution in [-0.4, -0.2) is 9.97 Å². The van der Waals surface area contributed by atoms with Crippen molar-refractivity contribution in [2.45, 2.75) is 13.7 Å². The normalized spacial score (nSPS) is 23.9. The average molecular weight is 194 g/mol. The highest BCUT2D eigenvalue weighted by Crippen LogP contribution is 2.14. The number of aryl methyl sites for hydroxylation is 2. The molecule has 9 heavy (non-hydrogen) atoms. The first-order chi connectivity index (χ1) is 7.03. The third kappa shape index (κ3) is 1.27. The summed E-state index contributed by atoms with van der Waals surface area (Å²) in [5.41, 5.74) is -0.919. The van der Waals surface area contributed by atoms with Crippen LogP contribution >= 0.6 is 15.9 Å². The van der Waals surface area contributed by atoms with Crippen molar-refractivity contribution in [3.63, 3.8) is 0 Å². The molecular formula is C6H7BrN2. The SMILES string of the molecule is [2H]c1nc(C([2H])([2H])[2H])c(Br)c(C([2H])([2H])[2H])n1. The minimum Gasteiger partial charge on any atom is -0.241 e. The Bertz CT molecular complexity index is 375. The summed E-state index contributed by atoms with van der Waals surface area (Å²) in [7, 11) is 0. The largest absolute Gasteiger partial charge is 0.241 e. The summed E-state index contributed by atoms with van der Waals surface area (Å²) >= 11 is 2.86. The van der Waals surface area contributed by atoms with E-state index in [1.807, 2.05) is 0 Å². The molecule has 0 unspecified atom stereocenters. The summed E-state index contributed by atoms with van der Waals surface area (Å²) < 4.78 is 49.9. The molecule has 48 valence electrons. The maximum Gasteiger partial charge on any atom is 0.115 e. The number of hydrogen-bond donors (Lipinski definition) is 0. The van der Waals surface area contributed by atoms with Gasteiger partial charge in [-0.2, -0.15) is 0 Å². The van der Waals surface area contributed by atoms with E-state index in [1.165, 1.54) is 0 Å². The third-order valence-electron chi connectivity index (χ3n) is 0.739. The predicted molar refractivity (Wildman–Crippen MR) is 39.2 cm³/mol. The standard InChI is InChI=1S/C6H7BrN2/c1-4-6(7)5(2)9-3-8-4/h3H,1-2H3/i1D3,2D3,3D. The molecule has 0 atom stereocenters. The van der Waals surface area contributed by atoms with Gasteiger partial charge in [-0.3, -0.25) is 0 Å². The molecular weight excluding hydrogens is 180 g/mol. The summed E-state index contributed by atoms with van der Waals surface area (Å²) in [6.45, 7) is -5.17. The van der Waals surface area contributed by atoms with Crippen LogP contribution in [0, 0.1) is 13.7 Å². The monoisotopic (exact) mass is 193 g/mol. The van der Waals surface area contributed by atoms with Crippen molar-refractivity contribution in [2.24, 2.45) is 0 Å². The second-order valence-electron chi connectivity index (χ2n) is 1.33. The summed E-state index contributed by atoms with van der Waals surface area (Å²) in [6, 6.07) is 0. The fraction of sp³-hybridized carbons (Fsp3) is 0.333. The van der Waals surface area contributed by atoms with Gasteiger partial charge in [0, 0.05) is 8.22 Å². The Morgan fingerprint density at radius 2 is 2.11 bits per heavy atom. The van der Waals surface area contributed by atoms with Crippen LogP contribution < -0.4 is 0 Å². The van der Waals surface area contributed by atoms with Crippen LogP contribution in [0.1, 0.15) is 21.0 Å². The molecule has 0 N–H and O–H groups in total. The van der Waals surface area contributed by atoms with Crippen LogP contribution in [0.25, 0.3) is 0 Å². The highest BCUT2D eigenvalue weighted by atomic mass is 79.9. The zero-order chi connectivity index (χ0) is 12.7. The van der Waals surface area contributed by atoms with E-state index in [9.17, 15) is 0 Å². The topological polar surface area (TPSA) is 25.8 Å². The molecule has 0 saturated carbocycles. The van der Waals surface area contributed by atoms with E-state index < -0.39 is 31.4 Å². The molecule has 0 fully saturated rings. The predicted octanol–water partition coefficient (Wildman–Crippen LogP) is 1.86. The van der Waals surface area contributed by atoms with E-state index in [2.05, 4.69) is 25.9 Å². The van der Waals surface area contributed by atoms with Gasteiger partial charge in [-0.05, 0) is 29.6 Å². The zero-order valence-electron chi connectivity index (χ0n) is 11.3. The molecule has 2 nitrogen and oxygen atoms in total. The number of halogens is 1. The Balaban J connectivity index is 3.51. The molecule has 1 heterocycles. The molecule has 0 aromatic carbocycles. The fourth-order valence-electron chi connectivity index (χ4n) is 0.335. The van der Waals surface area contributed by atoms with Gasteiger partial charge in [-0.1, -0.05) is 0 Å². The molecule has 1 aromatic rings. The van der Waals surface area contributed by atoms with Gasteiger partial charge in [0.1, 0.15) is 7.67 Å². The Hall–Kier alpha value is -0.440. The van der Waals surface area contributed by atoms with E-state index in [1.54, 1.807) is 0 Å². The Labute approximate surface area is 72.3 Å². The molecule has 1 aromatic heterocycles. The Kier molecular flexibility index (Phi) is 0.547. The minimum absolute atomic E-state index is 0.191. The molecule has 0 aliphatic carbocycles. The lowest BCUT2D eigenvalue weighted by atomic mass is 10.4. The van der Waals surface area contributed by atoms with Gasteiger partial charge in [-0.25, -0.2) is 9.97 Å². The van der Waals surface area contributed by atoms with Crippen LogP contribution in [0.4, 0.5) is 0 Å². The van der Waals surface area contributed by atoms with Crippen LogP contribution in [0.5, 0.6) is 0 Å². The molecule has 0 spiro atoms. The summed E-state index contributed by atoms with van der Waals surface area (Å²) in [4.78, 5) is 6.83.